The molecule has 0 aliphatic heterocycles. The molecular formula is C5H10N2O2S. The molecule has 4 nitrogen and oxygen atoms in total. The Hall–Kier alpha value is -0.840. The molecule has 0 aromatic heterocycles. The first-order valence-corrected chi connectivity index (χ1v) is 3.80. The van der Waals surface area contributed by atoms with Crippen molar-refractivity contribution < 1.29 is 9.63 Å². The molecule has 0 spiro atoms. The van der Waals surface area contributed by atoms with Gasteiger partial charge in [-0.1, -0.05) is 6.58 Å². The summed E-state index contributed by atoms with van der Waals surface area (Å²) in [6.45, 7) is 3.53. The highest BCUT2D eigenvalue weighted by Crippen LogP contribution is 2.02. The van der Waals surface area contributed by atoms with E-state index in [-0.39, 0.29) is 0 Å². The zero-order valence-corrected chi connectivity index (χ0v) is 6.75. The van der Waals surface area contributed by atoms with Gasteiger partial charge in [-0.15, -0.1) is 11.8 Å². The monoisotopic (exact) mass is 162 g/mol. The molecule has 0 rings (SSSR count). The van der Waals surface area contributed by atoms with Gasteiger partial charge in [0.2, 0.25) is 0 Å². The quantitative estimate of drug-likeness (QED) is 0.599. The number of hydrogen-bond donors (Lipinski definition) is 2. The fraction of sp³-hybridized carbons (Fsp3) is 0.400. The van der Waals surface area contributed by atoms with Crippen molar-refractivity contribution in [3.05, 3.63) is 11.6 Å². The van der Waals surface area contributed by atoms with Crippen molar-refractivity contribution in [2.45, 2.75) is 0 Å². The maximum Gasteiger partial charge on any atom is 0.431 e. The first-order chi connectivity index (χ1) is 4.70. The lowest BCUT2D eigenvalue weighted by atomic mass is 11.0. The molecule has 0 saturated heterocycles. The second-order valence-electron chi connectivity index (χ2n) is 1.37. The van der Waals surface area contributed by atoms with E-state index in [1.807, 2.05) is 6.26 Å². The van der Waals surface area contributed by atoms with Crippen LogP contribution in [0.15, 0.2) is 11.6 Å². The normalized spacial score (nSPS) is 8.20. The Morgan fingerprint density at radius 3 is 2.70 bits per heavy atom. The van der Waals surface area contributed by atoms with Gasteiger partial charge >= 0.3 is 6.09 Å². The number of hydroxylamine groups is 1. The largest absolute Gasteiger partial charge is 0.431 e. The molecular weight excluding hydrogens is 152 g/mol. The molecule has 0 heterocycles. The summed E-state index contributed by atoms with van der Waals surface area (Å²) >= 11 is 1.37. The molecule has 58 valence electrons. The van der Waals surface area contributed by atoms with Crippen LogP contribution in [0.5, 0.6) is 0 Å². The van der Waals surface area contributed by atoms with E-state index >= 15 is 0 Å². The van der Waals surface area contributed by atoms with Crippen molar-refractivity contribution in [2.24, 2.45) is 0 Å². The van der Waals surface area contributed by atoms with Crippen LogP contribution in [0.2, 0.25) is 0 Å². The van der Waals surface area contributed by atoms with Crippen LogP contribution in [0.4, 0.5) is 4.79 Å². The highest BCUT2D eigenvalue weighted by atomic mass is 32.2. The molecule has 0 atom stereocenters. The molecule has 1 amide bonds. The van der Waals surface area contributed by atoms with Crippen LogP contribution < -0.4 is 10.8 Å². The highest BCUT2D eigenvalue weighted by molar-refractivity contribution is 8.02. The van der Waals surface area contributed by atoms with Gasteiger partial charge in [-0.25, -0.2) is 10.3 Å². The molecule has 0 saturated carbocycles. The fourth-order valence-electron chi connectivity index (χ4n) is 0.196. The Labute approximate surface area is 64.0 Å². The first kappa shape index (κ1) is 9.16. The minimum Gasteiger partial charge on any atom is -0.324 e. The van der Waals surface area contributed by atoms with Crippen LogP contribution in [0.1, 0.15) is 0 Å². The summed E-state index contributed by atoms with van der Waals surface area (Å²) in [5, 5.41) is 2.86. The Balaban J connectivity index is 3.35. The summed E-state index contributed by atoms with van der Waals surface area (Å²) in [5.74, 6) is 0. The van der Waals surface area contributed by atoms with E-state index < -0.39 is 6.09 Å². The van der Waals surface area contributed by atoms with E-state index in [2.05, 4.69) is 22.2 Å². The van der Waals surface area contributed by atoms with Crippen LogP contribution in [0, 0.1) is 0 Å². The first-order valence-electron chi connectivity index (χ1n) is 2.58. The zero-order chi connectivity index (χ0) is 7.98. The second-order valence-corrected chi connectivity index (χ2v) is 2.27. The van der Waals surface area contributed by atoms with Crippen LogP contribution >= 0.6 is 11.8 Å². The van der Waals surface area contributed by atoms with Crippen LogP contribution in [-0.4, -0.2) is 19.4 Å². The minimum atomic E-state index is -0.532. The standard InChI is InChI=1S/C5H10N2O2S/c1-4(10-3)7-9-5(8)6-2/h7H,1H2,2-3H3,(H,6,8). The topological polar surface area (TPSA) is 50.4 Å². The maximum absolute atomic E-state index is 10.4. The summed E-state index contributed by atoms with van der Waals surface area (Å²) in [5.41, 5.74) is 2.34. The minimum absolute atomic E-state index is 0.532. The third-order valence-corrected chi connectivity index (χ3v) is 1.28. The van der Waals surface area contributed by atoms with E-state index in [9.17, 15) is 4.79 Å². The molecule has 0 fully saturated rings. The van der Waals surface area contributed by atoms with E-state index in [0.29, 0.717) is 5.03 Å². The molecule has 0 radical (unpaired) electrons. The van der Waals surface area contributed by atoms with Gasteiger partial charge in [-0.3, -0.25) is 0 Å². The number of amides is 1. The number of nitrogens with one attached hydrogen (secondary N) is 2. The van der Waals surface area contributed by atoms with E-state index in [1.165, 1.54) is 18.8 Å². The molecule has 2 N–H and O–H groups in total. The third kappa shape index (κ3) is 4.08. The molecule has 0 aliphatic carbocycles. The van der Waals surface area contributed by atoms with Crippen molar-refractivity contribution in [1.29, 1.82) is 0 Å². The van der Waals surface area contributed by atoms with Gasteiger partial charge in [0.05, 0.1) is 5.03 Å². The van der Waals surface area contributed by atoms with Crippen molar-refractivity contribution >= 4 is 17.9 Å². The maximum atomic E-state index is 10.4. The Kier molecular flexibility index (Phi) is 4.57. The predicted octanol–water partition coefficient (Wildman–Crippen LogP) is 0.681. The van der Waals surface area contributed by atoms with Gasteiger partial charge in [0.15, 0.2) is 0 Å². The van der Waals surface area contributed by atoms with Crippen LogP contribution in [0.3, 0.4) is 0 Å². The second kappa shape index (κ2) is 4.99. The van der Waals surface area contributed by atoms with Crippen LogP contribution in [0.25, 0.3) is 0 Å². The molecule has 0 aromatic rings. The van der Waals surface area contributed by atoms with Gasteiger partial charge in [0.1, 0.15) is 0 Å². The Morgan fingerprint density at radius 2 is 2.30 bits per heavy atom. The molecule has 0 unspecified atom stereocenters. The average Bonchev–Trinajstić information content (AvgIpc) is 1.99. The average molecular weight is 162 g/mol. The highest BCUT2D eigenvalue weighted by Gasteiger charge is 1.96. The number of rotatable bonds is 3. The lowest BCUT2D eigenvalue weighted by molar-refractivity contribution is 0.112. The van der Waals surface area contributed by atoms with Crippen molar-refractivity contribution in [3.8, 4) is 0 Å². The van der Waals surface area contributed by atoms with E-state index in [4.69, 9.17) is 0 Å². The van der Waals surface area contributed by atoms with Gasteiger partial charge in [0, 0.05) is 7.05 Å². The lowest BCUT2D eigenvalue weighted by Gasteiger charge is -2.04. The predicted molar refractivity (Wildman–Crippen MR) is 41.3 cm³/mol. The fourth-order valence-corrected chi connectivity index (χ4v) is 0.321. The van der Waals surface area contributed by atoms with Gasteiger partial charge < -0.3 is 10.2 Å². The van der Waals surface area contributed by atoms with Crippen molar-refractivity contribution in [1.82, 2.24) is 10.8 Å². The van der Waals surface area contributed by atoms with Crippen molar-refractivity contribution in [3.63, 3.8) is 0 Å². The summed E-state index contributed by atoms with van der Waals surface area (Å²) < 4.78 is 0. The van der Waals surface area contributed by atoms with Crippen LogP contribution in [-0.2, 0) is 4.84 Å². The number of carbonyl (C=O) groups is 1. The number of carbonyl (C=O) groups excluding carboxylic acids is 1. The van der Waals surface area contributed by atoms with Crippen molar-refractivity contribution in [2.75, 3.05) is 13.3 Å². The third-order valence-electron chi connectivity index (χ3n) is 0.708. The van der Waals surface area contributed by atoms with Gasteiger partial charge in [0.25, 0.3) is 0 Å². The lowest BCUT2D eigenvalue weighted by Crippen LogP contribution is -2.26. The van der Waals surface area contributed by atoms with Gasteiger partial charge in [-0.2, -0.15) is 0 Å². The smallest absolute Gasteiger partial charge is 0.324 e. The zero-order valence-electron chi connectivity index (χ0n) is 5.93. The number of thioether (sulfide) groups is 1. The molecule has 0 bridgehead atoms. The van der Waals surface area contributed by atoms with E-state index in [0.717, 1.165) is 0 Å². The molecule has 5 heteroatoms. The number of hydrogen-bond acceptors (Lipinski definition) is 4. The molecule has 10 heavy (non-hydrogen) atoms. The van der Waals surface area contributed by atoms with E-state index in [1.54, 1.807) is 0 Å². The summed E-state index contributed by atoms with van der Waals surface area (Å²) in [4.78, 5) is 14.8. The summed E-state index contributed by atoms with van der Waals surface area (Å²) in [6, 6.07) is 0. The summed E-state index contributed by atoms with van der Waals surface area (Å²) in [6.07, 6.45) is 1.29. The molecule has 0 aromatic carbocycles. The van der Waals surface area contributed by atoms with Gasteiger partial charge in [-0.05, 0) is 6.26 Å². The Morgan fingerprint density at radius 1 is 1.70 bits per heavy atom. The molecule has 0 aliphatic rings. The summed E-state index contributed by atoms with van der Waals surface area (Å²) in [7, 11) is 1.48. The SMILES string of the molecule is C=C(NOC(=O)NC)SC. The Bertz CT molecular complexity index is 122.